The number of nitrogens with zero attached hydrogens (tertiary/aromatic N) is 1. The zero-order chi connectivity index (χ0) is 13.8. The summed E-state index contributed by atoms with van der Waals surface area (Å²) in [5.74, 6) is -0.164. The Hall–Kier alpha value is -2.37. The molecule has 1 amide bonds. The first kappa shape index (κ1) is 11.7. The fourth-order valence-corrected chi connectivity index (χ4v) is 2.48. The summed E-state index contributed by atoms with van der Waals surface area (Å²) in [6, 6.07) is 3.54. The monoisotopic (exact) mass is 259 g/mol. The van der Waals surface area contributed by atoms with Gasteiger partial charge in [0.1, 0.15) is 5.82 Å². The Morgan fingerprint density at radius 2 is 2.16 bits per heavy atom. The van der Waals surface area contributed by atoms with Gasteiger partial charge in [-0.15, -0.1) is 0 Å². The lowest BCUT2D eigenvalue weighted by atomic mass is 9.83. The molecule has 3 rings (SSSR count). The van der Waals surface area contributed by atoms with Crippen LogP contribution in [0.5, 0.6) is 0 Å². The molecule has 2 heterocycles. The summed E-state index contributed by atoms with van der Waals surface area (Å²) in [4.78, 5) is 31.4. The quantitative estimate of drug-likeness (QED) is 0.596. The summed E-state index contributed by atoms with van der Waals surface area (Å²) >= 11 is 0. The number of fused-ring (bicyclic) bond motifs is 2. The van der Waals surface area contributed by atoms with E-state index in [4.69, 9.17) is 4.74 Å². The average molecular weight is 259 g/mol. The molecule has 0 saturated carbocycles. The van der Waals surface area contributed by atoms with Gasteiger partial charge in [-0.2, -0.15) is 0 Å². The van der Waals surface area contributed by atoms with Crippen LogP contribution in [0.4, 0.5) is 5.69 Å². The van der Waals surface area contributed by atoms with Crippen LogP contribution in [0.15, 0.2) is 12.1 Å². The number of ether oxygens (including phenoxy) is 1. The molecule has 1 atom stereocenters. The Bertz CT molecular complexity index is 719. The number of esters is 1. The third kappa shape index (κ3) is 1.39. The molecule has 0 radical (unpaired) electrons. The molecule has 0 saturated heterocycles. The van der Waals surface area contributed by atoms with Crippen molar-refractivity contribution in [3.05, 3.63) is 23.5 Å². The summed E-state index contributed by atoms with van der Waals surface area (Å²) in [6.45, 7) is 3.41. The maximum absolute atomic E-state index is 12.1. The highest BCUT2D eigenvalue weighted by molar-refractivity contribution is 6.19. The molecule has 1 aliphatic heterocycles. The van der Waals surface area contributed by atoms with Crippen LogP contribution in [0.25, 0.3) is 11.0 Å². The number of rotatable bonds is 1. The van der Waals surface area contributed by atoms with Gasteiger partial charge in [0.15, 0.2) is 5.41 Å². The fourth-order valence-electron chi connectivity index (χ4n) is 2.48. The molecule has 19 heavy (non-hydrogen) atoms. The normalized spacial score (nSPS) is 21.3. The number of imidazole rings is 1. The standard InChI is InChI=1S/C13H13N3O3/c1-6-14-9-4-7-8(5-10(9)15-6)16-11(17)13(7,2)12(18)19-3/h4-5H,1-3H3,(H,14,15)(H,16,17). The number of benzene rings is 1. The van der Waals surface area contributed by atoms with Crippen LogP contribution in [0.2, 0.25) is 0 Å². The smallest absolute Gasteiger partial charge is 0.325 e. The van der Waals surface area contributed by atoms with E-state index in [2.05, 4.69) is 15.3 Å². The van der Waals surface area contributed by atoms with Gasteiger partial charge in [0.05, 0.1) is 18.1 Å². The number of nitrogens with one attached hydrogen (secondary N) is 2. The van der Waals surface area contributed by atoms with E-state index < -0.39 is 11.4 Å². The van der Waals surface area contributed by atoms with Crippen molar-refractivity contribution in [2.75, 3.05) is 12.4 Å². The number of aromatic amines is 1. The van der Waals surface area contributed by atoms with Gasteiger partial charge in [-0.3, -0.25) is 9.59 Å². The number of hydrogen-bond donors (Lipinski definition) is 2. The van der Waals surface area contributed by atoms with E-state index >= 15 is 0 Å². The van der Waals surface area contributed by atoms with E-state index in [9.17, 15) is 9.59 Å². The molecule has 0 bridgehead atoms. The SMILES string of the molecule is COC(=O)C1(C)C(=O)Nc2cc3nc(C)[nH]c3cc21. The third-order valence-electron chi connectivity index (χ3n) is 3.57. The minimum Gasteiger partial charge on any atom is -0.468 e. The Labute approximate surface area is 109 Å². The number of aromatic nitrogens is 2. The van der Waals surface area contributed by atoms with Crippen molar-refractivity contribution in [1.82, 2.24) is 9.97 Å². The molecule has 1 aliphatic rings. The molecule has 1 aromatic carbocycles. The molecule has 1 aromatic heterocycles. The number of amides is 1. The summed E-state index contributed by atoms with van der Waals surface area (Å²) in [7, 11) is 1.28. The van der Waals surface area contributed by atoms with Crippen LogP contribution < -0.4 is 5.32 Å². The lowest BCUT2D eigenvalue weighted by molar-refractivity contribution is -0.150. The maximum atomic E-state index is 12.1. The first-order chi connectivity index (χ1) is 8.96. The van der Waals surface area contributed by atoms with Crippen molar-refractivity contribution in [3.8, 4) is 0 Å². The molecule has 0 spiro atoms. The highest BCUT2D eigenvalue weighted by atomic mass is 16.5. The second-order valence-corrected chi connectivity index (χ2v) is 4.81. The van der Waals surface area contributed by atoms with Crippen molar-refractivity contribution in [3.63, 3.8) is 0 Å². The second kappa shape index (κ2) is 3.57. The van der Waals surface area contributed by atoms with Crippen LogP contribution in [-0.4, -0.2) is 29.0 Å². The number of anilines is 1. The van der Waals surface area contributed by atoms with Crippen LogP contribution in [-0.2, 0) is 19.7 Å². The van der Waals surface area contributed by atoms with Gasteiger partial charge < -0.3 is 15.0 Å². The molecule has 2 aromatic rings. The van der Waals surface area contributed by atoms with Crippen molar-refractivity contribution in [2.45, 2.75) is 19.3 Å². The van der Waals surface area contributed by atoms with Gasteiger partial charge >= 0.3 is 5.97 Å². The number of H-pyrrole nitrogens is 1. The zero-order valence-electron chi connectivity index (χ0n) is 10.8. The van der Waals surface area contributed by atoms with Gasteiger partial charge in [-0.25, -0.2) is 4.98 Å². The predicted octanol–water partition coefficient (Wildman–Crippen LogP) is 1.25. The van der Waals surface area contributed by atoms with Gasteiger partial charge in [-0.1, -0.05) is 0 Å². The molecule has 0 aliphatic carbocycles. The van der Waals surface area contributed by atoms with E-state index in [1.165, 1.54) is 7.11 Å². The Morgan fingerprint density at radius 3 is 2.84 bits per heavy atom. The summed E-state index contributed by atoms with van der Waals surface area (Å²) in [5, 5.41) is 2.71. The number of carbonyl (C=O) groups excluding carboxylic acids is 2. The molecule has 6 heteroatoms. The van der Waals surface area contributed by atoms with Crippen molar-refractivity contribution < 1.29 is 14.3 Å². The van der Waals surface area contributed by atoms with Crippen molar-refractivity contribution in [1.29, 1.82) is 0 Å². The fraction of sp³-hybridized carbons (Fsp3) is 0.308. The van der Waals surface area contributed by atoms with Crippen LogP contribution in [0.1, 0.15) is 18.3 Å². The Morgan fingerprint density at radius 1 is 1.42 bits per heavy atom. The predicted molar refractivity (Wildman–Crippen MR) is 68.8 cm³/mol. The number of methoxy groups -OCH3 is 1. The van der Waals surface area contributed by atoms with E-state index in [-0.39, 0.29) is 5.91 Å². The molecule has 1 unspecified atom stereocenters. The average Bonchev–Trinajstić information content (AvgIpc) is 2.85. The van der Waals surface area contributed by atoms with Crippen LogP contribution in [0, 0.1) is 6.92 Å². The van der Waals surface area contributed by atoms with Gasteiger partial charge in [0.25, 0.3) is 0 Å². The zero-order valence-corrected chi connectivity index (χ0v) is 10.8. The third-order valence-corrected chi connectivity index (χ3v) is 3.57. The summed E-state index contributed by atoms with van der Waals surface area (Å²) in [5.41, 5.74) is 1.46. The Kier molecular flexibility index (Phi) is 2.20. The first-order valence-electron chi connectivity index (χ1n) is 5.87. The van der Waals surface area contributed by atoms with E-state index in [1.54, 1.807) is 19.1 Å². The number of hydrogen-bond acceptors (Lipinski definition) is 4. The van der Waals surface area contributed by atoms with E-state index in [0.717, 1.165) is 16.9 Å². The van der Waals surface area contributed by atoms with E-state index in [1.807, 2.05) is 6.92 Å². The molecule has 98 valence electrons. The highest BCUT2D eigenvalue weighted by Crippen LogP contribution is 2.40. The maximum Gasteiger partial charge on any atom is 0.325 e. The molecular formula is C13H13N3O3. The molecule has 6 nitrogen and oxygen atoms in total. The number of aryl methyl sites for hydroxylation is 1. The lowest BCUT2D eigenvalue weighted by Crippen LogP contribution is -2.40. The molecular weight excluding hydrogens is 246 g/mol. The second-order valence-electron chi connectivity index (χ2n) is 4.81. The van der Waals surface area contributed by atoms with Crippen molar-refractivity contribution in [2.24, 2.45) is 0 Å². The summed E-state index contributed by atoms with van der Waals surface area (Å²) < 4.78 is 4.76. The number of carbonyl (C=O) groups is 2. The first-order valence-corrected chi connectivity index (χ1v) is 5.87. The Balaban J connectivity index is 2.27. The molecule has 0 fully saturated rings. The van der Waals surface area contributed by atoms with Gasteiger partial charge in [0, 0.05) is 11.3 Å². The largest absolute Gasteiger partial charge is 0.468 e. The van der Waals surface area contributed by atoms with Gasteiger partial charge in [0.2, 0.25) is 5.91 Å². The minimum atomic E-state index is -1.31. The van der Waals surface area contributed by atoms with Crippen molar-refractivity contribution >= 4 is 28.6 Å². The van der Waals surface area contributed by atoms with E-state index in [0.29, 0.717) is 11.3 Å². The lowest BCUT2D eigenvalue weighted by Gasteiger charge is -2.18. The highest BCUT2D eigenvalue weighted by Gasteiger charge is 2.50. The van der Waals surface area contributed by atoms with Crippen LogP contribution >= 0.6 is 0 Å². The van der Waals surface area contributed by atoms with Gasteiger partial charge in [-0.05, 0) is 26.0 Å². The minimum absolute atomic E-state index is 0.376. The van der Waals surface area contributed by atoms with Crippen LogP contribution in [0.3, 0.4) is 0 Å². The molecule has 2 N–H and O–H groups in total. The topological polar surface area (TPSA) is 84.1 Å². The summed E-state index contributed by atoms with van der Waals surface area (Å²) in [6.07, 6.45) is 0.